The molecule has 3 rings (SSSR count). The van der Waals surface area contributed by atoms with Gasteiger partial charge in [0.15, 0.2) is 0 Å². The lowest BCUT2D eigenvalue weighted by molar-refractivity contribution is -0.107. The third kappa shape index (κ3) is 1.93. The first-order chi connectivity index (χ1) is 8.86. The lowest BCUT2D eigenvalue weighted by atomic mass is 10.2. The fraction of sp³-hybridized carbons (Fsp3) is 0.143. The van der Waals surface area contributed by atoms with Crippen LogP contribution in [0, 0.1) is 0 Å². The van der Waals surface area contributed by atoms with E-state index in [1.807, 2.05) is 41.1 Å². The van der Waals surface area contributed by atoms with Crippen LogP contribution in [0.2, 0.25) is 0 Å². The van der Waals surface area contributed by atoms with Crippen molar-refractivity contribution < 1.29 is 9.21 Å². The van der Waals surface area contributed by atoms with Gasteiger partial charge in [0.25, 0.3) is 0 Å². The van der Waals surface area contributed by atoms with Gasteiger partial charge in [-0.15, -0.1) is 0 Å². The highest BCUT2D eigenvalue weighted by Gasteiger charge is 2.06. The van der Waals surface area contributed by atoms with Gasteiger partial charge in [-0.1, -0.05) is 0 Å². The molecule has 3 heterocycles. The van der Waals surface area contributed by atoms with Crippen LogP contribution < -0.4 is 0 Å². The van der Waals surface area contributed by atoms with Crippen LogP contribution in [0.25, 0.3) is 17.0 Å². The smallest absolute Gasteiger partial charge is 0.137 e. The number of hydrogen-bond acceptors (Lipinski definition) is 3. The summed E-state index contributed by atoms with van der Waals surface area (Å²) in [6.45, 7) is 0. The highest BCUT2D eigenvalue weighted by molar-refractivity contribution is 5.63. The Balaban J connectivity index is 1.92. The molecule has 3 aromatic heterocycles. The van der Waals surface area contributed by atoms with Gasteiger partial charge in [-0.3, -0.25) is 0 Å². The highest BCUT2D eigenvalue weighted by atomic mass is 16.3. The molecular weight excluding hydrogens is 228 g/mol. The number of rotatable bonds is 4. The zero-order chi connectivity index (χ0) is 12.4. The minimum Gasteiger partial charge on any atom is -0.461 e. The van der Waals surface area contributed by atoms with Crippen LogP contribution in [0.5, 0.6) is 0 Å². The maximum Gasteiger partial charge on any atom is 0.137 e. The van der Waals surface area contributed by atoms with Crippen LogP contribution in [-0.2, 0) is 11.2 Å². The van der Waals surface area contributed by atoms with Crippen molar-refractivity contribution in [3.8, 4) is 11.3 Å². The SMILES string of the molecule is O=CCCc1ccc(-c2ccn3ccnc3c2)o1. The third-order valence-electron chi connectivity index (χ3n) is 2.85. The van der Waals surface area contributed by atoms with Gasteiger partial charge in [-0.05, 0) is 24.3 Å². The van der Waals surface area contributed by atoms with Gasteiger partial charge in [0.05, 0.1) is 0 Å². The fourth-order valence-corrected chi connectivity index (χ4v) is 1.93. The Kier molecular flexibility index (Phi) is 2.68. The molecule has 0 saturated carbocycles. The predicted octanol–water partition coefficient (Wildman–Crippen LogP) is 2.73. The van der Waals surface area contributed by atoms with E-state index in [9.17, 15) is 4.79 Å². The molecule has 90 valence electrons. The average molecular weight is 240 g/mol. The van der Waals surface area contributed by atoms with E-state index in [-0.39, 0.29) is 0 Å². The van der Waals surface area contributed by atoms with E-state index in [1.165, 1.54) is 0 Å². The number of aldehydes is 1. The number of aromatic nitrogens is 2. The number of imidazole rings is 1. The van der Waals surface area contributed by atoms with Gasteiger partial charge in [0.2, 0.25) is 0 Å². The van der Waals surface area contributed by atoms with E-state index in [2.05, 4.69) is 4.98 Å². The molecule has 3 aromatic rings. The van der Waals surface area contributed by atoms with Crippen molar-refractivity contribution in [3.63, 3.8) is 0 Å². The largest absolute Gasteiger partial charge is 0.461 e. The number of carbonyl (C=O) groups excluding carboxylic acids is 1. The molecule has 0 spiro atoms. The van der Waals surface area contributed by atoms with Crippen molar-refractivity contribution in [2.75, 3.05) is 0 Å². The number of furan rings is 1. The molecule has 0 aliphatic heterocycles. The molecule has 0 atom stereocenters. The van der Waals surface area contributed by atoms with Gasteiger partial charge >= 0.3 is 0 Å². The number of fused-ring (bicyclic) bond motifs is 1. The molecule has 18 heavy (non-hydrogen) atoms. The fourth-order valence-electron chi connectivity index (χ4n) is 1.93. The van der Waals surface area contributed by atoms with Gasteiger partial charge in [-0.25, -0.2) is 4.98 Å². The lowest BCUT2D eigenvalue weighted by Gasteiger charge is -1.98. The Morgan fingerprint density at radius 2 is 2.22 bits per heavy atom. The summed E-state index contributed by atoms with van der Waals surface area (Å²) < 4.78 is 7.65. The van der Waals surface area contributed by atoms with Gasteiger partial charge in [-0.2, -0.15) is 0 Å². The Bertz CT molecular complexity index is 682. The second-order valence-electron chi connectivity index (χ2n) is 4.08. The lowest BCUT2D eigenvalue weighted by Crippen LogP contribution is -1.84. The zero-order valence-electron chi connectivity index (χ0n) is 9.74. The van der Waals surface area contributed by atoms with Crippen molar-refractivity contribution in [1.82, 2.24) is 9.38 Å². The Hall–Kier alpha value is -2.36. The standard InChI is InChI=1S/C14H12N2O2/c17-9-1-2-12-3-4-13(18-12)11-5-7-16-8-6-15-14(16)10-11/h3-10H,1-2H2. The first-order valence-corrected chi connectivity index (χ1v) is 5.82. The predicted molar refractivity (Wildman–Crippen MR) is 67.3 cm³/mol. The van der Waals surface area contributed by atoms with Crippen molar-refractivity contribution in [3.05, 3.63) is 48.6 Å². The Morgan fingerprint density at radius 3 is 3.11 bits per heavy atom. The van der Waals surface area contributed by atoms with Crippen LogP contribution in [0.15, 0.2) is 47.3 Å². The molecule has 0 aliphatic rings. The second-order valence-corrected chi connectivity index (χ2v) is 4.08. The van der Waals surface area contributed by atoms with E-state index >= 15 is 0 Å². The van der Waals surface area contributed by atoms with E-state index in [1.54, 1.807) is 6.20 Å². The number of nitrogens with zero attached hydrogens (tertiary/aromatic N) is 2. The summed E-state index contributed by atoms with van der Waals surface area (Å²) in [7, 11) is 0. The van der Waals surface area contributed by atoms with Gasteiger partial charge in [0.1, 0.15) is 23.5 Å². The summed E-state index contributed by atoms with van der Waals surface area (Å²) in [5, 5.41) is 0. The maximum absolute atomic E-state index is 10.3. The monoisotopic (exact) mass is 240 g/mol. The van der Waals surface area contributed by atoms with Crippen LogP contribution >= 0.6 is 0 Å². The molecule has 0 unspecified atom stereocenters. The molecule has 0 aromatic carbocycles. The summed E-state index contributed by atoms with van der Waals surface area (Å²) in [5.74, 6) is 1.64. The average Bonchev–Trinajstić information content (AvgIpc) is 3.04. The van der Waals surface area contributed by atoms with Crippen LogP contribution in [0.3, 0.4) is 0 Å². The highest BCUT2D eigenvalue weighted by Crippen LogP contribution is 2.23. The molecule has 4 heteroatoms. The summed E-state index contributed by atoms with van der Waals surface area (Å²) >= 11 is 0. The Labute approximate surface area is 104 Å². The topological polar surface area (TPSA) is 47.5 Å². The van der Waals surface area contributed by atoms with Gasteiger partial charge in [0, 0.05) is 37.0 Å². The molecule has 0 radical (unpaired) electrons. The summed E-state index contributed by atoms with van der Waals surface area (Å²) in [6, 6.07) is 7.79. The first-order valence-electron chi connectivity index (χ1n) is 5.82. The number of hydrogen-bond donors (Lipinski definition) is 0. The molecule has 0 bridgehead atoms. The number of aryl methyl sites for hydroxylation is 1. The molecule has 0 N–H and O–H groups in total. The van der Waals surface area contributed by atoms with E-state index in [4.69, 9.17) is 4.42 Å². The van der Waals surface area contributed by atoms with E-state index < -0.39 is 0 Å². The van der Waals surface area contributed by atoms with Crippen molar-refractivity contribution in [1.29, 1.82) is 0 Å². The molecule has 0 aliphatic carbocycles. The molecule has 0 fully saturated rings. The minimum absolute atomic E-state index is 0.492. The van der Waals surface area contributed by atoms with Crippen LogP contribution in [0.1, 0.15) is 12.2 Å². The van der Waals surface area contributed by atoms with Crippen molar-refractivity contribution >= 4 is 11.9 Å². The normalized spacial score (nSPS) is 10.9. The summed E-state index contributed by atoms with van der Waals surface area (Å²) in [6.07, 6.45) is 7.65. The third-order valence-corrected chi connectivity index (χ3v) is 2.85. The van der Waals surface area contributed by atoms with Crippen LogP contribution in [-0.4, -0.2) is 15.7 Å². The molecule has 0 saturated heterocycles. The summed E-state index contributed by atoms with van der Waals surface area (Å²) in [4.78, 5) is 14.6. The summed E-state index contributed by atoms with van der Waals surface area (Å²) in [5.41, 5.74) is 1.88. The second kappa shape index (κ2) is 4.49. The van der Waals surface area contributed by atoms with Crippen LogP contribution in [0.4, 0.5) is 0 Å². The molecule has 4 nitrogen and oxygen atoms in total. The van der Waals surface area contributed by atoms with E-state index in [0.717, 1.165) is 29.0 Å². The zero-order valence-corrected chi connectivity index (χ0v) is 9.74. The molecule has 0 amide bonds. The minimum atomic E-state index is 0.492. The van der Waals surface area contributed by atoms with E-state index in [0.29, 0.717) is 12.8 Å². The first kappa shape index (κ1) is 10.8. The molecular formula is C14H12N2O2. The quantitative estimate of drug-likeness (QED) is 0.659. The maximum atomic E-state index is 10.3. The number of pyridine rings is 1. The Morgan fingerprint density at radius 1 is 1.28 bits per heavy atom. The number of carbonyl (C=O) groups is 1. The van der Waals surface area contributed by atoms with Gasteiger partial charge < -0.3 is 13.6 Å². The van der Waals surface area contributed by atoms with Crippen molar-refractivity contribution in [2.45, 2.75) is 12.8 Å². The van der Waals surface area contributed by atoms with Crippen molar-refractivity contribution in [2.24, 2.45) is 0 Å².